The van der Waals surface area contributed by atoms with E-state index in [0.29, 0.717) is 19.3 Å². The fourth-order valence-electron chi connectivity index (χ4n) is 7.86. The van der Waals surface area contributed by atoms with Gasteiger partial charge in [-0.15, -0.1) is 0 Å². The van der Waals surface area contributed by atoms with Gasteiger partial charge in [0.1, 0.15) is 13.2 Å². The first-order valence-electron chi connectivity index (χ1n) is 30.3. The molecule has 6 heteroatoms. The molecule has 6 nitrogen and oxygen atoms in total. The molecule has 75 heavy (non-hydrogen) atoms. The Morgan fingerprint density at radius 3 is 0.813 bits per heavy atom. The van der Waals surface area contributed by atoms with Crippen LogP contribution in [0, 0.1) is 0 Å². The Hall–Kier alpha value is -4.71. The fraction of sp³-hybridized carbons (Fsp3) is 0.609. The van der Waals surface area contributed by atoms with Crippen LogP contribution in [0.25, 0.3) is 0 Å². The first-order valence-corrected chi connectivity index (χ1v) is 30.3. The summed E-state index contributed by atoms with van der Waals surface area (Å²) in [6.45, 7) is 6.30. The number of ether oxygens (including phenoxy) is 3. The second-order valence-electron chi connectivity index (χ2n) is 19.5. The van der Waals surface area contributed by atoms with E-state index in [1.165, 1.54) is 44.9 Å². The van der Waals surface area contributed by atoms with E-state index < -0.39 is 6.10 Å². The number of carbonyl (C=O) groups is 3. The number of esters is 3. The van der Waals surface area contributed by atoms with Crippen molar-refractivity contribution in [3.05, 3.63) is 146 Å². The van der Waals surface area contributed by atoms with Crippen molar-refractivity contribution in [1.29, 1.82) is 0 Å². The van der Waals surface area contributed by atoms with Crippen LogP contribution in [0.2, 0.25) is 0 Å². The standard InChI is InChI=1S/C69H110O6/c1-4-7-10-13-15-17-19-21-23-25-27-28-29-30-31-32-33-34-35-36-37-38-39-40-42-43-45-47-49-51-53-56-59-62-68(71)74-65-66(64-73-67(70)61-58-55-12-9-6-3)75-69(72)63-60-57-54-52-50-48-46-44-41-26-24-22-20-18-16-14-11-8-5-2/h7-8,10-11,15-18,21-24,27-28,30-31,33-34,36-37,39-41,44,66H,4-6,9,12-14,19-20,25-26,29,32,35,38,42-43,45-65H2,1-3H3/b10-7-,11-8-,17-15-,18-16-,23-21-,24-22-,28-27-,31-30-,34-33-,37-36-,40-39-,44-41-. The highest BCUT2D eigenvalue weighted by molar-refractivity contribution is 5.71. The highest BCUT2D eigenvalue weighted by Gasteiger charge is 2.19. The highest BCUT2D eigenvalue weighted by Crippen LogP contribution is 2.14. The van der Waals surface area contributed by atoms with Gasteiger partial charge in [-0.2, -0.15) is 0 Å². The van der Waals surface area contributed by atoms with Crippen LogP contribution in [-0.2, 0) is 28.6 Å². The average Bonchev–Trinajstić information content (AvgIpc) is 3.41. The second-order valence-corrected chi connectivity index (χ2v) is 19.5. The summed E-state index contributed by atoms with van der Waals surface area (Å²) < 4.78 is 16.7. The molecule has 0 spiro atoms. The van der Waals surface area contributed by atoms with Crippen LogP contribution in [0.1, 0.15) is 252 Å². The minimum absolute atomic E-state index is 0.0912. The van der Waals surface area contributed by atoms with Gasteiger partial charge in [-0.25, -0.2) is 0 Å². The number of hydrogen-bond acceptors (Lipinski definition) is 6. The zero-order valence-corrected chi connectivity index (χ0v) is 48.3. The van der Waals surface area contributed by atoms with E-state index >= 15 is 0 Å². The van der Waals surface area contributed by atoms with Crippen molar-refractivity contribution in [3.63, 3.8) is 0 Å². The molecule has 0 aromatic heterocycles. The van der Waals surface area contributed by atoms with Gasteiger partial charge < -0.3 is 14.2 Å². The minimum Gasteiger partial charge on any atom is -0.462 e. The van der Waals surface area contributed by atoms with Gasteiger partial charge in [-0.1, -0.05) is 256 Å². The van der Waals surface area contributed by atoms with Crippen LogP contribution in [-0.4, -0.2) is 37.2 Å². The molecule has 1 unspecified atom stereocenters. The van der Waals surface area contributed by atoms with Crippen LogP contribution in [0.5, 0.6) is 0 Å². The van der Waals surface area contributed by atoms with E-state index in [-0.39, 0.29) is 31.1 Å². The van der Waals surface area contributed by atoms with E-state index in [0.717, 1.165) is 167 Å². The van der Waals surface area contributed by atoms with Gasteiger partial charge in [0.2, 0.25) is 0 Å². The van der Waals surface area contributed by atoms with Crippen LogP contribution in [0.15, 0.2) is 146 Å². The number of rotatable bonds is 53. The summed E-state index contributed by atoms with van der Waals surface area (Å²) in [7, 11) is 0. The molecule has 0 aromatic carbocycles. The molecule has 0 aromatic rings. The molecule has 0 aliphatic carbocycles. The van der Waals surface area contributed by atoms with Crippen LogP contribution in [0.3, 0.4) is 0 Å². The molecule has 422 valence electrons. The lowest BCUT2D eigenvalue weighted by Gasteiger charge is -2.18. The number of unbranched alkanes of at least 4 members (excludes halogenated alkanes) is 18. The lowest BCUT2D eigenvalue weighted by Crippen LogP contribution is -2.30. The van der Waals surface area contributed by atoms with Crippen molar-refractivity contribution in [2.24, 2.45) is 0 Å². The van der Waals surface area contributed by atoms with Crippen molar-refractivity contribution < 1.29 is 28.6 Å². The fourth-order valence-corrected chi connectivity index (χ4v) is 7.86. The first kappa shape index (κ1) is 70.3. The third-order valence-electron chi connectivity index (χ3n) is 12.3. The molecule has 0 radical (unpaired) electrons. The molecule has 0 saturated heterocycles. The molecular weight excluding hydrogens is 925 g/mol. The van der Waals surface area contributed by atoms with E-state index in [1.54, 1.807) is 0 Å². The molecule has 0 heterocycles. The van der Waals surface area contributed by atoms with Gasteiger partial charge in [-0.05, 0) is 122 Å². The van der Waals surface area contributed by atoms with Crippen molar-refractivity contribution in [1.82, 2.24) is 0 Å². The topological polar surface area (TPSA) is 78.9 Å². The Morgan fingerprint density at radius 2 is 0.520 bits per heavy atom. The SMILES string of the molecule is CC/C=C\C/C=C\C/C=C\C/C=C\C/C=C\C/C=C\C/C=C\C/C=C\CCCCCCCCCCC(=O)OCC(COC(=O)CCCCCCC)OC(=O)CCCCCCCC/C=C\C/C=C\C/C=C\C/C=C\CC. The predicted octanol–water partition coefficient (Wildman–Crippen LogP) is 20.8. The maximum absolute atomic E-state index is 12.8. The lowest BCUT2D eigenvalue weighted by molar-refractivity contribution is -0.167. The van der Waals surface area contributed by atoms with Gasteiger partial charge in [-0.3, -0.25) is 14.4 Å². The Kier molecular flexibility index (Phi) is 58.0. The van der Waals surface area contributed by atoms with Crippen LogP contribution >= 0.6 is 0 Å². The third-order valence-corrected chi connectivity index (χ3v) is 12.3. The smallest absolute Gasteiger partial charge is 0.306 e. The van der Waals surface area contributed by atoms with Gasteiger partial charge in [0.25, 0.3) is 0 Å². The minimum atomic E-state index is -0.791. The van der Waals surface area contributed by atoms with Crippen LogP contribution < -0.4 is 0 Å². The predicted molar refractivity (Wildman–Crippen MR) is 325 cm³/mol. The zero-order chi connectivity index (χ0) is 54.3. The zero-order valence-electron chi connectivity index (χ0n) is 48.3. The maximum atomic E-state index is 12.8. The van der Waals surface area contributed by atoms with Crippen molar-refractivity contribution in [2.45, 2.75) is 258 Å². The van der Waals surface area contributed by atoms with Gasteiger partial charge in [0, 0.05) is 19.3 Å². The molecule has 1 atom stereocenters. The maximum Gasteiger partial charge on any atom is 0.306 e. The third kappa shape index (κ3) is 60.0. The molecular formula is C69H110O6. The Morgan fingerprint density at radius 1 is 0.280 bits per heavy atom. The normalized spacial score (nSPS) is 13.2. The average molecular weight is 1040 g/mol. The Labute approximate surface area is 461 Å². The van der Waals surface area contributed by atoms with Crippen molar-refractivity contribution in [3.8, 4) is 0 Å². The van der Waals surface area contributed by atoms with Crippen LogP contribution in [0.4, 0.5) is 0 Å². The molecule has 0 amide bonds. The quantitative estimate of drug-likeness (QED) is 0.0261. The summed E-state index contributed by atoms with van der Waals surface area (Å²) in [6, 6.07) is 0. The molecule has 0 rings (SSSR count). The Bertz CT molecular complexity index is 1660. The van der Waals surface area contributed by atoms with E-state index in [4.69, 9.17) is 14.2 Å². The second kappa shape index (κ2) is 61.8. The Balaban J connectivity index is 4.12. The summed E-state index contributed by atoms with van der Waals surface area (Å²) in [5.74, 6) is -0.933. The molecule has 0 fully saturated rings. The van der Waals surface area contributed by atoms with Crippen molar-refractivity contribution >= 4 is 17.9 Å². The number of carbonyl (C=O) groups excluding carboxylic acids is 3. The van der Waals surface area contributed by atoms with E-state index in [9.17, 15) is 14.4 Å². The van der Waals surface area contributed by atoms with Gasteiger partial charge in [0.05, 0.1) is 0 Å². The molecule has 0 saturated carbocycles. The van der Waals surface area contributed by atoms with Gasteiger partial charge >= 0.3 is 17.9 Å². The highest BCUT2D eigenvalue weighted by atomic mass is 16.6. The summed E-state index contributed by atoms with van der Waals surface area (Å²) in [4.78, 5) is 37.9. The van der Waals surface area contributed by atoms with E-state index in [1.807, 2.05) is 0 Å². The molecule has 0 aliphatic heterocycles. The first-order chi connectivity index (χ1) is 37.0. The van der Waals surface area contributed by atoms with E-state index in [2.05, 4.69) is 167 Å². The summed E-state index contributed by atoms with van der Waals surface area (Å²) in [5, 5.41) is 0. The number of allylic oxidation sites excluding steroid dienone is 24. The van der Waals surface area contributed by atoms with Gasteiger partial charge in [0.15, 0.2) is 6.10 Å². The number of hydrogen-bond donors (Lipinski definition) is 0. The molecule has 0 N–H and O–H groups in total. The summed E-state index contributed by atoms with van der Waals surface area (Å²) >= 11 is 0. The summed E-state index contributed by atoms with van der Waals surface area (Å²) in [6.07, 6.45) is 88.9. The molecule has 0 bridgehead atoms. The molecule has 0 aliphatic rings. The monoisotopic (exact) mass is 1030 g/mol. The summed E-state index contributed by atoms with van der Waals surface area (Å²) in [5.41, 5.74) is 0. The lowest BCUT2D eigenvalue weighted by atomic mass is 10.1. The van der Waals surface area contributed by atoms with Crippen molar-refractivity contribution in [2.75, 3.05) is 13.2 Å². The largest absolute Gasteiger partial charge is 0.462 e.